The number of carbonyl (C=O) groups is 1. The Labute approximate surface area is 87.8 Å². The van der Waals surface area contributed by atoms with Crippen LogP contribution in [0.2, 0.25) is 0 Å². The van der Waals surface area contributed by atoms with Crippen LogP contribution >= 0.6 is 11.6 Å². The van der Waals surface area contributed by atoms with E-state index < -0.39 is 29.6 Å². The number of hydrogen-bond donors (Lipinski definition) is 1. The highest BCUT2D eigenvalue weighted by atomic mass is 35.5. The van der Waals surface area contributed by atoms with Crippen LogP contribution in [0.4, 0.5) is 23.7 Å². The van der Waals surface area contributed by atoms with Gasteiger partial charge in [-0.05, 0) is 0 Å². The Hall–Kier alpha value is -1.43. The van der Waals surface area contributed by atoms with E-state index in [0.717, 1.165) is 0 Å². The molecule has 0 fully saturated rings. The molecule has 0 unspecified atom stereocenters. The van der Waals surface area contributed by atoms with Gasteiger partial charge in [0.2, 0.25) is 0 Å². The fourth-order valence-corrected chi connectivity index (χ4v) is 0.930. The summed E-state index contributed by atoms with van der Waals surface area (Å²) in [5, 5.41) is 1.96. The third-order valence-electron chi connectivity index (χ3n) is 1.42. The van der Waals surface area contributed by atoms with E-state index >= 15 is 0 Å². The van der Waals surface area contributed by atoms with Gasteiger partial charge in [0.1, 0.15) is 0 Å². The average Bonchev–Trinajstić information content (AvgIpc) is 2.14. The third-order valence-corrected chi connectivity index (χ3v) is 1.52. The van der Waals surface area contributed by atoms with E-state index in [1.54, 1.807) is 0 Å². The number of nitrogens with one attached hydrogen (secondary N) is 1. The van der Waals surface area contributed by atoms with Crippen molar-refractivity contribution in [3.05, 3.63) is 29.6 Å². The van der Waals surface area contributed by atoms with Gasteiger partial charge in [-0.3, -0.25) is 5.32 Å². The van der Waals surface area contributed by atoms with E-state index in [1.807, 2.05) is 5.32 Å². The van der Waals surface area contributed by atoms with E-state index in [4.69, 9.17) is 11.6 Å². The molecule has 0 aliphatic heterocycles. The van der Waals surface area contributed by atoms with Gasteiger partial charge >= 0.3 is 6.09 Å². The summed E-state index contributed by atoms with van der Waals surface area (Å²) in [5.74, 6) is -4.42. The van der Waals surface area contributed by atoms with Gasteiger partial charge in [0.05, 0.1) is 5.69 Å². The van der Waals surface area contributed by atoms with Crippen LogP contribution in [0, 0.1) is 17.5 Å². The number of amides is 1. The Balaban J connectivity index is 2.83. The van der Waals surface area contributed by atoms with Gasteiger partial charge in [-0.25, -0.2) is 18.0 Å². The number of ether oxygens (including phenoxy) is 1. The van der Waals surface area contributed by atoms with E-state index in [-0.39, 0.29) is 5.69 Å². The molecule has 0 saturated carbocycles. The molecule has 0 aliphatic carbocycles. The molecule has 1 amide bonds. The molecule has 1 aromatic rings. The van der Waals surface area contributed by atoms with Crippen LogP contribution in [0.3, 0.4) is 0 Å². The minimum absolute atomic E-state index is 0.262. The topological polar surface area (TPSA) is 38.3 Å². The molecule has 0 spiro atoms. The fraction of sp³-hybridized carbons (Fsp3) is 0.125. The van der Waals surface area contributed by atoms with Crippen molar-refractivity contribution in [3.8, 4) is 0 Å². The van der Waals surface area contributed by atoms with Crippen molar-refractivity contribution in [1.82, 2.24) is 0 Å². The highest BCUT2D eigenvalue weighted by Crippen LogP contribution is 2.17. The lowest BCUT2D eigenvalue weighted by atomic mass is 10.3. The van der Waals surface area contributed by atoms with Crippen LogP contribution in [0.15, 0.2) is 12.1 Å². The molecular weight excluding hydrogens is 235 g/mol. The summed E-state index contributed by atoms with van der Waals surface area (Å²) in [7, 11) is 0. The highest BCUT2D eigenvalue weighted by molar-refractivity contribution is 6.17. The third kappa shape index (κ3) is 3.02. The van der Waals surface area contributed by atoms with Crippen molar-refractivity contribution in [2.45, 2.75) is 0 Å². The normalized spacial score (nSPS) is 9.87. The molecule has 82 valence electrons. The first-order chi connectivity index (χ1) is 7.04. The van der Waals surface area contributed by atoms with Crippen LogP contribution in [0.1, 0.15) is 0 Å². The maximum atomic E-state index is 12.6. The van der Waals surface area contributed by atoms with Gasteiger partial charge < -0.3 is 4.74 Å². The Bertz CT molecular complexity index is 363. The molecule has 1 rings (SSSR count). The quantitative estimate of drug-likeness (QED) is 0.637. The van der Waals surface area contributed by atoms with E-state index in [2.05, 4.69) is 4.74 Å². The van der Waals surface area contributed by atoms with Crippen LogP contribution in [0.25, 0.3) is 0 Å². The number of alkyl halides is 1. The van der Waals surface area contributed by atoms with Crippen molar-refractivity contribution in [3.63, 3.8) is 0 Å². The first-order valence-electron chi connectivity index (χ1n) is 3.69. The lowest BCUT2D eigenvalue weighted by Gasteiger charge is -2.05. The zero-order valence-corrected chi connectivity index (χ0v) is 7.95. The number of carbonyl (C=O) groups excluding carboxylic acids is 1. The van der Waals surface area contributed by atoms with E-state index in [9.17, 15) is 18.0 Å². The van der Waals surface area contributed by atoms with Crippen LogP contribution in [-0.2, 0) is 4.74 Å². The zero-order valence-electron chi connectivity index (χ0n) is 7.19. The predicted molar refractivity (Wildman–Crippen MR) is 47.1 cm³/mol. The second-order valence-corrected chi connectivity index (χ2v) is 2.64. The molecule has 0 radical (unpaired) electrons. The van der Waals surface area contributed by atoms with E-state index in [1.165, 1.54) is 0 Å². The molecule has 15 heavy (non-hydrogen) atoms. The first kappa shape index (κ1) is 11.6. The van der Waals surface area contributed by atoms with Crippen molar-refractivity contribution in [2.75, 3.05) is 11.4 Å². The number of anilines is 1. The van der Waals surface area contributed by atoms with Crippen molar-refractivity contribution < 1.29 is 22.7 Å². The summed E-state index contributed by atoms with van der Waals surface area (Å²) in [6.45, 7) is 0. The minimum atomic E-state index is -1.61. The summed E-state index contributed by atoms with van der Waals surface area (Å²) >= 11 is 5.06. The molecule has 0 aromatic heterocycles. The zero-order chi connectivity index (χ0) is 11.4. The molecule has 0 bridgehead atoms. The fourth-order valence-electron chi connectivity index (χ4n) is 0.831. The Morgan fingerprint density at radius 2 is 1.87 bits per heavy atom. The Morgan fingerprint density at radius 3 is 2.33 bits per heavy atom. The number of benzene rings is 1. The van der Waals surface area contributed by atoms with Crippen molar-refractivity contribution in [2.24, 2.45) is 0 Å². The lowest BCUT2D eigenvalue weighted by Crippen LogP contribution is -2.13. The van der Waals surface area contributed by atoms with Gasteiger partial charge in [0, 0.05) is 12.1 Å². The Morgan fingerprint density at radius 1 is 1.33 bits per heavy atom. The molecular formula is C8H5ClF3NO2. The first-order valence-corrected chi connectivity index (χ1v) is 4.22. The SMILES string of the molecule is O=C(Nc1cc(F)c(F)c(F)c1)OCCl. The number of halogens is 4. The van der Waals surface area contributed by atoms with Crippen LogP contribution in [0.5, 0.6) is 0 Å². The standard InChI is InChI=1S/C8H5ClF3NO2/c9-3-15-8(14)13-4-1-5(10)7(12)6(11)2-4/h1-2H,3H2,(H,13,14). The van der Waals surface area contributed by atoms with Gasteiger partial charge in [-0.1, -0.05) is 11.6 Å². The molecule has 0 atom stereocenters. The maximum absolute atomic E-state index is 12.6. The Kier molecular flexibility index (Phi) is 3.79. The largest absolute Gasteiger partial charge is 0.433 e. The number of rotatable bonds is 2. The second kappa shape index (κ2) is 4.88. The van der Waals surface area contributed by atoms with Crippen molar-refractivity contribution in [1.29, 1.82) is 0 Å². The second-order valence-electron chi connectivity index (χ2n) is 2.42. The van der Waals surface area contributed by atoms with Crippen molar-refractivity contribution >= 4 is 23.4 Å². The molecule has 1 aromatic carbocycles. The van der Waals surface area contributed by atoms with Crippen LogP contribution in [-0.4, -0.2) is 12.2 Å². The predicted octanol–water partition coefficient (Wildman–Crippen LogP) is 2.85. The van der Waals surface area contributed by atoms with Gasteiger partial charge in [-0.2, -0.15) is 0 Å². The molecule has 3 nitrogen and oxygen atoms in total. The lowest BCUT2D eigenvalue weighted by molar-refractivity contribution is 0.180. The van der Waals surface area contributed by atoms with Gasteiger partial charge in [0.25, 0.3) is 0 Å². The summed E-state index contributed by atoms with van der Waals surface area (Å²) in [6, 6.07) is 0.833. The highest BCUT2D eigenvalue weighted by Gasteiger charge is 2.12. The molecule has 0 heterocycles. The summed E-state index contributed by atoms with van der Waals surface area (Å²) < 4.78 is 42.0. The summed E-state index contributed by atoms with van der Waals surface area (Å²) in [5.41, 5.74) is -0.262. The average molecular weight is 240 g/mol. The molecule has 1 N–H and O–H groups in total. The maximum Gasteiger partial charge on any atom is 0.412 e. The van der Waals surface area contributed by atoms with Crippen LogP contribution < -0.4 is 5.32 Å². The molecule has 7 heteroatoms. The smallest absolute Gasteiger partial charge is 0.412 e. The molecule has 0 saturated heterocycles. The van der Waals surface area contributed by atoms with E-state index in [0.29, 0.717) is 12.1 Å². The molecule has 0 aliphatic rings. The minimum Gasteiger partial charge on any atom is -0.433 e. The monoisotopic (exact) mass is 239 g/mol. The van der Waals surface area contributed by atoms with Gasteiger partial charge in [0.15, 0.2) is 23.5 Å². The summed E-state index contributed by atoms with van der Waals surface area (Å²) in [6.07, 6.45) is -0.990. The number of hydrogen-bond acceptors (Lipinski definition) is 2. The van der Waals surface area contributed by atoms with Gasteiger partial charge in [-0.15, -0.1) is 0 Å². The summed E-state index contributed by atoms with van der Waals surface area (Å²) in [4.78, 5) is 10.8.